The normalized spacial score (nSPS) is 12.6. The SMILES string of the molecule is CCC(C(=O)NCCc1cccnc1)n1c(=NC(=O)c2ccc(C)cc2)sc2ccccc21. The summed E-state index contributed by atoms with van der Waals surface area (Å²) in [4.78, 5) is 35.1. The van der Waals surface area contributed by atoms with Gasteiger partial charge in [0.2, 0.25) is 5.91 Å². The number of aromatic nitrogens is 2. The van der Waals surface area contributed by atoms with Crippen molar-refractivity contribution in [1.29, 1.82) is 0 Å². The third kappa shape index (κ3) is 5.26. The first kappa shape index (κ1) is 22.6. The zero-order valence-electron chi connectivity index (χ0n) is 18.7. The van der Waals surface area contributed by atoms with Gasteiger partial charge in [-0.3, -0.25) is 14.6 Å². The number of nitrogens with one attached hydrogen (secondary N) is 1. The fraction of sp³-hybridized carbons (Fsp3) is 0.231. The Morgan fingerprint density at radius 3 is 2.61 bits per heavy atom. The highest BCUT2D eigenvalue weighted by molar-refractivity contribution is 7.16. The zero-order chi connectivity index (χ0) is 23.2. The van der Waals surface area contributed by atoms with Gasteiger partial charge in [-0.15, -0.1) is 0 Å². The number of benzene rings is 2. The van der Waals surface area contributed by atoms with Gasteiger partial charge in [-0.1, -0.05) is 54.2 Å². The topological polar surface area (TPSA) is 76.3 Å². The standard InChI is InChI=1S/C26H26N4O2S/c1-3-21(25(32)28-16-14-19-7-6-15-27-17-19)30-22-8-4-5-9-23(22)33-26(30)29-24(31)20-12-10-18(2)11-13-20/h4-13,15,17,21H,3,14,16H2,1-2H3,(H,28,32). The summed E-state index contributed by atoms with van der Waals surface area (Å²) in [6, 6.07) is 18.6. The summed E-state index contributed by atoms with van der Waals surface area (Å²) in [6.45, 7) is 4.46. The number of hydrogen-bond donors (Lipinski definition) is 1. The molecular weight excluding hydrogens is 432 g/mol. The van der Waals surface area contributed by atoms with Crippen LogP contribution in [-0.2, 0) is 11.2 Å². The Morgan fingerprint density at radius 1 is 1.09 bits per heavy atom. The average molecular weight is 459 g/mol. The Hall–Kier alpha value is -3.58. The summed E-state index contributed by atoms with van der Waals surface area (Å²) in [6.07, 6.45) is 4.81. The summed E-state index contributed by atoms with van der Waals surface area (Å²) in [5, 5.41) is 3.04. The molecule has 2 heterocycles. The van der Waals surface area contributed by atoms with Gasteiger partial charge in [0.05, 0.1) is 10.2 Å². The number of carbonyl (C=O) groups is 2. The number of para-hydroxylation sites is 1. The summed E-state index contributed by atoms with van der Waals surface area (Å²) < 4.78 is 2.88. The van der Waals surface area contributed by atoms with E-state index in [1.165, 1.54) is 11.3 Å². The van der Waals surface area contributed by atoms with Crippen LogP contribution in [0.15, 0.2) is 78.0 Å². The van der Waals surface area contributed by atoms with Crippen LogP contribution in [0.25, 0.3) is 10.2 Å². The van der Waals surface area contributed by atoms with Gasteiger partial charge in [0.15, 0.2) is 4.80 Å². The van der Waals surface area contributed by atoms with Crippen LogP contribution in [0.3, 0.4) is 0 Å². The molecule has 0 aliphatic heterocycles. The van der Waals surface area contributed by atoms with Gasteiger partial charge >= 0.3 is 0 Å². The molecule has 1 atom stereocenters. The molecule has 0 fully saturated rings. The van der Waals surface area contributed by atoms with E-state index in [0.29, 0.717) is 29.8 Å². The van der Waals surface area contributed by atoms with E-state index < -0.39 is 6.04 Å². The maximum absolute atomic E-state index is 13.2. The van der Waals surface area contributed by atoms with Crippen LogP contribution < -0.4 is 10.1 Å². The molecule has 1 unspecified atom stereocenters. The third-order valence-electron chi connectivity index (χ3n) is 5.46. The van der Waals surface area contributed by atoms with E-state index in [9.17, 15) is 9.59 Å². The summed E-state index contributed by atoms with van der Waals surface area (Å²) in [7, 11) is 0. The van der Waals surface area contributed by atoms with Crippen LogP contribution in [0.4, 0.5) is 0 Å². The molecule has 168 valence electrons. The van der Waals surface area contributed by atoms with Crippen LogP contribution in [0.2, 0.25) is 0 Å². The summed E-state index contributed by atoms with van der Waals surface area (Å²) >= 11 is 1.42. The molecule has 0 saturated carbocycles. The first-order chi connectivity index (χ1) is 16.1. The number of pyridine rings is 1. The molecule has 6 nitrogen and oxygen atoms in total. The second kappa shape index (κ2) is 10.4. The molecule has 2 amide bonds. The van der Waals surface area contributed by atoms with Crippen molar-refractivity contribution in [1.82, 2.24) is 14.9 Å². The van der Waals surface area contributed by atoms with E-state index in [1.807, 2.05) is 66.9 Å². The molecule has 2 aromatic heterocycles. The maximum Gasteiger partial charge on any atom is 0.279 e. The van der Waals surface area contributed by atoms with Crippen molar-refractivity contribution in [3.8, 4) is 0 Å². The van der Waals surface area contributed by atoms with Gasteiger partial charge in [0, 0.05) is 24.5 Å². The van der Waals surface area contributed by atoms with Crippen LogP contribution in [-0.4, -0.2) is 27.9 Å². The van der Waals surface area contributed by atoms with Crippen molar-refractivity contribution in [3.63, 3.8) is 0 Å². The Bertz CT molecular complexity index is 1320. The Morgan fingerprint density at radius 2 is 1.88 bits per heavy atom. The lowest BCUT2D eigenvalue weighted by Gasteiger charge is -2.18. The number of nitrogens with zero attached hydrogens (tertiary/aromatic N) is 3. The Labute approximate surface area is 196 Å². The van der Waals surface area contributed by atoms with E-state index in [-0.39, 0.29) is 11.8 Å². The number of fused-ring (bicyclic) bond motifs is 1. The van der Waals surface area contributed by atoms with Crippen molar-refractivity contribution in [2.75, 3.05) is 6.54 Å². The van der Waals surface area contributed by atoms with Crippen molar-refractivity contribution < 1.29 is 9.59 Å². The van der Waals surface area contributed by atoms with E-state index in [1.54, 1.807) is 24.5 Å². The van der Waals surface area contributed by atoms with Crippen LogP contribution in [0.1, 0.15) is 40.9 Å². The molecule has 0 spiro atoms. The van der Waals surface area contributed by atoms with E-state index in [2.05, 4.69) is 15.3 Å². The highest BCUT2D eigenvalue weighted by atomic mass is 32.1. The molecule has 2 aromatic carbocycles. The Balaban J connectivity index is 1.65. The minimum absolute atomic E-state index is 0.0887. The van der Waals surface area contributed by atoms with Crippen molar-refractivity contribution in [3.05, 3.63) is 94.5 Å². The number of rotatable bonds is 7. The first-order valence-corrected chi connectivity index (χ1v) is 11.8. The second-order valence-corrected chi connectivity index (χ2v) is 8.84. The van der Waals surface area contributed by atoms with Crippen LogP contribution in [0.5, 0.6) is 0 Å². The quantitative estimate of drug-likeness (QED) is 0.444. The van der Waals surface area contributed by atoms with Crippen LogP contribution in [0, 0.1) is 6.92 Å². The summed E-state index contributed by atoms with van der Waals surface area (Å²) in [5.41, 5.74) is 3.57. The lowest BCUT2D eigenvalue weighted by Crippen LogP contribution is -2.37. The number of aryl methyl sites for hydroxylation is 1. The molecule has 7 heteroatoms. The molecule has 0 radical (unpaired) electrons. The monoisotopic (exact) mass is 458 g/mol. The largest absolute Gasteiger partial charge is 0.354 e. The second-order valence-electron chi connectivity index (χ2n) is 7.83. The minimum atomic E-state index is -0.473. The van der Waals surface area contributed by atoms with E-state index >= 15 is 0 Å². The zero-order valence-corrected chi connectivity index (χ0v) is 19.5. The van der Waals surface area contributed by atoms with Crippen molar-refractivity contribution >= 4 is 33.4 Å². The van der Waals surface area contributed by atoms with Gasteiger partial charge in [-0.25, -0.2) is 0 Å². The van der Waals surface area contributed by atoms with Gasteiger partial charge < -0.3 is 9.88 Å². The third-order valence-corrected chi connectivity index (χ3v) is 6.50. The highest BCUT2D eigenvalue weighted by Gasteiger charge is 2.22. The molecule has 1 N–H and O–H groups in total. The molecule has 4 aromatic rings. The lowest BCUT2D eigenvalue weighted by atomic mass is 10.1. The number of carbonyl (C=O) groups excluding carboxylic acids is 2. The average Bonchev–Trinajstić information content (AvgIpc) is 3.18. The maximum atomic E-state index is 13.2. The van der Waals surface area contributed by atoms with Crippen molar-refractivity contribution in [2.24, 2.45) is 4.99 Å². The molecule has 4 rings (SSSR count). The molecule has 0 aliphatic carbocycles. The number of amides is 2. The fourth-order valence-electron chi connectivity index (χ4n) is 3.70. The van der Waals surface area contributed by atoms with E-state index in [0.717, 1.165) is 21.3 Å². The molecule has 33 heavy (non-hydrogen) atoms. The summed E-state index contributed by atoms with van der Waals surface area (Å²) in [5.74, 6) is -0.406. The van der Waals surface area contributed by atoms with Gasteiger partial charge in [0.25, 0.3) is 5.91 Å². The molecule has 0 saturated heterocycles. The fourth-order valence-corrected chi connectivity index (χ4v) is 4.76. The van der Waals surface area contributed by atoms with Crippen molar-refractivity contribution in [2.45, 2.75) is 32.7 Å². The predicted octanol–water partition coefficient (Wildman–Crippen LogP) is 4.46. The molecule has 0 aliphatic rings. The van der Waals surface area contributed by atoms with Gasteiger partial charge in [-0.05, 0) is 55.7 Å². The predicted molar refractivity (Wildman–Crippen MR) is 131 cm³/mol. The number of hydrogen-bond acceptors (Lipinski definition) is 4. The molecular formula is C26H26N4O2S. The van der Waals surface area contributed by atoms with Crippen LogP contribution >= 0.6 is 11.3 Å². The smallest absolute Gasteiger partial charge is 0.279 e. The van der Waals surface area contributed by atoms with Gasteiger partial charge in [-0.2, -0.15) is 4.99 Å². The first-order valence-electron chi connectivity index (χ1n) is 11.0. The molecule has 0 bridgehead atoms. The van der Waals surface area contributed by atoms with Gasteiger partial charge in [0.1, 0.15) is 6.04 Å². The number of thiazole rings is 1. The lowest BCUT2D eigenvalue weighted by molar-refractivity contribution is -0.124. The van der Waals surface area contributed by atoms with E-state index in [4.69, 9.17) is 0 Å². The minimum Gasteiger partial charge on any atom is -0.354 e. The Kier molecular flexibility index (Phi) is 7.10. The highest BCUT2D eigenvalue weighted by Crippen LogP contribution is 2.23.